The molecule has 0 aromatic heterocycles. The first-order valence-electron chi connectivity index (χ1n) is 7.62. The van der Waals surface area contributed by atoms with Gasteiger partial charge in [0.15, 0.2) is 9.84 Å². The van der Waals surface area contributed by atoms with Crippen molar-refractivity contribution >= 4 is 30.6 Å². The molecular weight excluding hydrogens is 348 g/mol. The number of rotatable bonds is 4. The van der Waals surface area contributed by atoms with Crippen molar-refractivity contribution < 1.29 is 16.8 Å². The summed E-state index contributed by atoms with van der Waals surface area (Å²) in [6, 6.07) is 11.9. The summed E-state index contributed by atoms with van der Waals surface area (Å²) in [5, 5.41) is 3.24. The van der Waals surface area contributed by atoms with Crippen LogP contribution < -0.4 is 0 Å². The van der Waals surface area contributed by atoms with Gasteiger partial charge in [-0.05, 0) is 29.3 Å². The van der Waals surface area contributed by atoms with Crippen molar-refractivity contribution in [3.63, 3.8) is 0 Å². The lowest BCUT2D eigenvalue weighted by molar-refractivity contribution is 0.0893. The van der Waals surface area contributed by atoms with Crippen molar-refractivity contribution in [1.29, 1.82) is 0 Å². The van der Waals surface area contributed by atoms with Crippen LogP contribution in [0.4, 0.5) is 0 Å². The molecule has 2 aromatic carbocycles. The fraction of sp³-hybridized carbons (Fsp3) is 0.375. The zero-order valence-corrected chi connectivity index (χ0v) is 15.2. The van der Waals surface area contributed by atoms with Gasteiger partial charge in [0.1, 0.15) is 0 Å². The van der Waals surface area contributed by atoms with Crippen LogP contribution in [-0.4, -0.2) is 57.9 Å². The van der Waals surface area contributed by atoms with Crippen molar-refractivity contribution in [2.75, 3.05) is 25.6 Å². The Hall–Kier alpha value is -1.48. The van der Waals surface area contributed by atoms with Gasteiger partial charge in [-0.3, -0.25) is 0 Å². The SMILES string of the molecule is CN(C)N([C@H]1CCS(=O)(=O)C1)S(=O)(=O)c1ccc2ccccc2c1. The van der Waals surface area contributed by atoms with Gasteiger partial charge < -0.3 is 0 Å². The molecule has 0 N–H and O–H groups in total. The molecule has 1 saturated heterocycles. The number of nitrogens with zero attached hydrogens (tertiary/aromatic N) is 2. The Kier molecular flexibility index (Phi) is 4.41. The molecule has 3 rings (SSSR count). The molecule has 130 valence electrons. The highest BCUT2D eigenvalue weighted by atomic mass is 32.2. The molecule has 1 atom stereocenters. The summed E-state index contributed by atoms with van der Waals surface area (Å²) >= 11 is 0. The average molecular weight is 368 g/mol. The largest absolute Gasteiger partial charge is 0.256 e. The number of hydrazine groups is 1. The van der Waals surface area contributed by atoms with Crippen LogP contribution >= 0.6 is 0 Å². The molecule has 24 heavy (non-hydrogen) atoms. The zero-order valence-electron chi connectivity index (χ0n) is 13.6. The molecule has 0 bridgehead atoms. The van der Waals surface area contributed by atoms with Crippen molar-refractivity contribution in [3.05, 3.63) is 42.5 Å². The standard InChI is InChI=1S/C16H20N2O4S2/c1-17(2)18(15-9-10-23(19,20)12-15)24(21,22)16-8-7-13-5-3-4-6-14(13)11-16/h3-8,11,15H,9-10,12H2,1-2H3/t15-/m0/s1. The first-order chi connectivity index (χ1) is 11.2. The molecule has 6 nitrogen and oxygen atoms in total. The van der Waals surface area contributed by atoms with Gasteiger partial charge in [-0.1, -0.05) is 30.3 Å². The number of fused-ring (bicyclic) bond motifs is 1. The van der Waals surface area contributed by atoms with Crippen LogP contribution in [0.25, 0.3) is 10.8 Å². The minimum absolute atomic E-state index is 0.0231. The second-order valence-electron chi connectivity index (χ2n) is 6.19. The summed E-state index contributed by atoms with van der Waals surface area (Å²) in [7, 11) is -3.79. The van der Waals surface area contributed by atoms with Gasteiger partial charge in [-0.15, -0.1) is 4.41 Å². The maximum atomic E-state index is 13.1. The Morgan fingerprint density at radius 2 is 1.71 bits per heavy atom. The van der Waals surface area contributed by atoms with E-state index in [0.29, 0.717) is 6.42 Å². The predicted molar refractivity (Wildman–Crippen MR) is 93.7 cm³/mol. The van der Waals surface area contributed by atoms with E-state index in [1.165, 1.54) is 9.42 Å². The van der Waals surface area contributed by atoms with Crippen LogP contribution in [0.5, 0.6) is 0 Å². The molecule has 1 aliphatic rings. The first kappa shape index (κ1) is 17.3. The topological polar surface area (TPSA) is 74.8 Å². The Morgan fingerprint density at radius 3 is 2.29 bits per heavy atom. The highest BCUT2D eigenvalue weighted by Crippen LogP contribution is 2.27. The number of hydrogen-bond acceptors (Lipinski definition) is 5. The third kappa shape index (κ3) is 3.19. The quantitative estimate of drug-likeness (QED) is 0.765. The van der Waals surface area contributed by atoms with Crippen LogP contribution in [0.15, 0.2) is 47.4 Å². The fourth-order valence-electron chi connectivity index (χ4n) is 3.12. The normalized spacial score (nSPS) is 20.9. The Bertz CT molecular complexity index is 968. The summed E-state index contributed by atoms with van der Waals surface area (Å²) in [6.07, 6.45) is 0.313. The van der Waals surface area contributed by atoms with Gasteiger partial charge in [0, 0.05) is 14.1 Å². The fourth-order valence-corrected chi connectivity index (χ4v) is 6.64. The minimum Gasteiger partial charge on any atom is -0.234 e. The maximum absolute atomic E-state index is 13.1. The van der Waals surface area contributed by atoms with Crippen LogP contribution in [0.1, 0.15) is 6.42 Å². The smallest absolute Gasteiger partial charge is 0.234 e. The maximum Gasteiger partial charge on any atom is 0.256 e. The summed E-state index contributed by atoms with van der Waals surface area (Å²) in [6.45, 7) is 0. The molecule has 0 unspecified atom stereocenters. The Morgan fingerprint density at radius 1 is 1.04 bits per heavy atom. The van der Waals surface area contributed by atoms with E-state index in [4.69, 9.17) is 0 Å². The van der Waals surface area contributed by atoms with Gasteiger partial charge in [0.2, 0.25) is 0 Å². The van der Waals surface area contributed by atoms with Crippen LogP contribution in [0.2, 0.25) is 0 Å². The van der Waals surface area contributed by atoms with Gasteiger partial charge >= 0.3 is 0 Å². The van der Waals surface area contributed by atoms with E-state index < -0.39 is 25.9 Å². The number of sulfonamides is 1. The van der Waals surface area contributed by atoms with Crippen molar-refractivity contribution in [2.24, 2.45) is 0 Å². The molecule has 8 heteroatoms. The highest BCUT2D eigenvalue weighted by Gasteiger charge is 2.40. The predicted octanol–water partition coefficient (Wildman–Crippen LogP) is 1.49. The van der Waals surface area contributed by atoms with Gasteiger partial charge in [0.25, 0.3) is 10.0 Å². The van der Waals surface area contributed by atoms with Gasteiger partial charge in [-0.2, -0.15) is 0 Å². The number of sulfone groups is 1. The molecule has 0 aliphatic carbocycles. The van der Waals surface area contributed by atoms with E-state index in [9.17, 15) is 16.8 Å². The van der Waals surface area contributed by atoms with Gasteiger partial charge in [-0.25, -0.2) is 21.8 Å². The Balaban J connectivity index is 2.05. The van der Waals surface area contributed by atoms with E-state index in [1.807, 2.05) is 24.3 Å². The minimum atomic E-state index is -3.83. The molecule has 2 aromatic rings. The molecule has 0 saturated carbocycles. The highest BCUT2D eigenvalue weighted by molar-refractivity contribution is 7.92. The van der Waals surface area contributed by atoms with E-state index in [0.717, 1.165) is 10.8 Å². The molecule has 1 aliphatic heterocycles. The third-order valence-electron chi connectivity index (χ3n) is 4.18. The van der Waals surface area contributed by atoms with Crippen LogP contribution in [-0.2, 0) is 19.9 Å². The van der Waals surface area contributed by atoms with Crippen LogP contribution in [0, 0.1) is 0 Å². The number of hydrogen-bond donors (Lipinski definition) is 0. The third-order valence-corrected chi connectivity index (χ3v) is 7.90. The number of benzene rings is 2. The molecule has 1 fully saturated rings. The lowest BCUT2D eigenvalue weighted by atomic mass is 10.1. The van der Waals surface area contributed by atoms with Crippen molar-refractivity contribution in [1.82, 2.24) is 9.42 Å². The van der Waals surface area contributed by atoms with E-state index in [1.54, 1.807) is 32.3 Å². The first-order valence-corrected chi connectivity index (χ1v) is 10.9. The Labute approximate surface area is 142 Å². The second kappa shape index (κ2) is 6.11. The monoisotopic (exact) mass is 368 g/mol. The summed E-state index contributed by atoms with van der Waals surface area (Å²) < 4.78 is 50.9. The van der Waals surface area contributed by atoms with Crippen LogP contribution in [0.3, 0.4) is 0 Å². The lowest BCUT2D eigenvalue weighted by Gasteiger charge is -2.32. The van der Waals surface area contributed by atoms with Crippen molar-refractivity contribution in [3.8, 4) is 0 Å². The molecular formula is C16H20N2O4S2. The zero-order chi connectivity index (χ0) is 17.5. The molecule has 0 amide bonds. The summed E-state index contributed by atoms with van der Waals surface area (Å²) in [5.41, 5.74) is 0. The summed E-state index contributed by atoms with van der Waals surface area (Å²) in [5.74, 6) is -0.118. The lowest BCUT2D eigenvalue weighted by Crippen LogP contribution is -2.49. The molecule has 0 radical (unpaired) electrons. The van der Waals surface area contributed by atoms with Gasteiger partial charge in [0.05, 0.1) is 22.4 Å². The van der Waals surface area contributed by atoms with E-state index in [-0.39, 0.29) is 16.4 Å². The van der Waals surface area contributed by atoms with E-state index in [2.05, 4.69) is 0 Å². The summed E-state index contributed by atoms with van der Waals surface area (Å²) in [4.78, 5) is 0.166. The van der Waals surface area contributed by atoms with E-state index >= 15 is 0 Å². The van der Waals surface area contributed by atoms with Crippen molar-refractivity contribution in [2.45, 2.75) is 17.4 Å². The second-order valence-corrected chi connectivity index (χ2v) is 10.2. The average Bonchev–Trinajstić information content (AvgIpc) is 2.85. The molecule has 1 heterocycles. The molecule has 0 spiro atoms.